The molecule has 0 aromatic rings. The van der Waals surface area contributed by atoms with Gasteiger partial charge in [-0.1, -0.05) is 0 Å². The van der Waals surface area contributed by atoms with Gasteiger partial charge in [0.2, 0.25) is 0 Å². The van der Waals surface area contributed by atoms with Crippen LogP contribution in [0.15, 0.2) is 5.16 Å². The van der Waals surface area contributed by atoms with E-state index in [1.807, 2.05) is 0 Å². The Bertz CT molecular complexity index is 82.6. The topological polar surface area (TPSA) is 68.9 Å². The minimum atomic E-state index is 0.0926. The Morgan fingerprint density at radius 3 is 2.62 bits per heavy atom. The van der Waals surface area contributed by atoms with Crippen LogP contribution in [0.3, 0.4) is 0 Å². The third kappa shape index (κ3) is 3.23. The van der Waals surface area contributed by atoms with Crippen LogP contribution in [-0.2, 0) is 9.68 Å². The van der Waals surface area contributed by atoms with Crippen LogP contribution in [0, 0.1) is 0 Å². The summed E-state index contributed by atoms with van der Waals surface area (Å²) in [6, 6.07) is 0. The van der Waals surface area contributed by atoms with Gasteiger partial charge in [-0.3, -0.25) is 4.84 Å². The Balaban J connectivity index is 3.29. The molecule has 48 valence electrons. The first-order chi connectivity index (χ1) is 3.81. The van der Waals surface area contributed by atoms with Crippen LogP contribution in [0.4, 0.5) is 0 Å². The maximum atomic E-state index is 5.08. The van der Waals surface area contributed by atoms with Gasteiger partial charge in [-0.2, -0.15) is 0 Å². The van der Waals surface area contributed by atoms with Crippen molar-refractivity contribution in [2.45, 2.75) is 0 Å². The lowest BCUT2D eigenvalue weighted by atomic mass is 11.1. The zero-order valence-corrected chi connectivity index (χ0v) is 4.84. The molecule has 0 aliphatic rings. The van der Waals surface area contributed by atoms with Crippen molar-refractivity contribution in [1.82, 2.24) is 5.48 Å². The monoisotopic (exact) mass is 119 g/mol. The molecule has 8 heavy (non-hydrogen) atoms. The summed E-state index contributed by atoms with van der Waals surface area (Å²) in [6.45, 7) is 0. The average Bonchev–Trinajstić information content (AvgIpc) is 1.68. The summed E-state index contributed by atoms with van der Waals surface area (Å²) in [6.07, 6.45) is 0. The first kappa shape index (κ1) is 7.03. The van der Waals surface area contributed by atoms with Crippen LogP contribution < -0.4 is 11.2 Å². The van der Waals surface area contributed by atoms with E-state index in [-0.39, 0.29) is 5.96 Å². The standard InChI is InChI=1S/C3H9N3O2/c1-7-5-3(4)6-8-2/h1-2H3,(H3,4,5,6). The van der Waals surface area contributed by atoms with Crippen molar-refractivity contribution in [1.29, 1.82) is 0 Å². The largest absolute Gasteiger partial charge is 0.396 e. The summed E-state index contributed by atoms with van der Waals surface area (Å²) >= 11 is 0. The van der Waals surface area contributed by atoms with Gasteiger partial charge < -0.3 is 10.6 Å². The summed E-state index contributed by atoms with van der Waals surface area (Å²) in [5.41, 5.74) is 7.33. The highest BCUT2D eigenvalue weighted by Crippen LogP contribution is 1.64. The van der Waals surface area contributed by atoms with Crippen molar-refractivity contribution in [2.24, 2.45) is 10.9 Å². The second-order valence-corrected chi connectivity index (χ2v) is 0.965. The molecule has 0 aliphatic carbocycles. The van der Waals surface area contributed by atoms with Gasteiger partial charge in [0.1, 0.15) is 7.11 Å². The predicted octanol–water partition coefficient (Wildman–Crippen LogP) is -0.986. The molecule has 3 N–H and O–H groups in total. The van der Waals surface area contributed by atoms with Gasteiger partial charge in [0.25, 0.3) is 5.96 Å². The third-order valence-electron chi connectivity index (χ3n) is 0.396. The highest BCUT2D eigenvalue weighted by atomic mass is 16.7. The van der Waals surface area contributed by atoms with Crippen molar-refractivity contribution >= 4 is 5.96 Å². The van der Waals surface area contributed by atoms with Gasteiger partial charge in [0.15, 0.2) is 0 Å². The summed E-state index contributed by atoms with van der Waals surface area (Å²) in [5, 5.41) is 3.27. The van der Waals surface area contributed by atoms with Gasteiger partial charge in [-0.05, 0) is 5.16 Å². The SMILES string of the molecule is CON=C(N)NOC. The molecule has 0 heterocycles. The summed E-state index contributed by atoms with van der Waals surface area (Å²) < 4.78 is 0. The number of oxime groups is 1. The van der Waals surface area contributed by atoms with E-state index in [0.717, 1.165) is 0 Å². The first-order valence-electron chi connectivity index (χ1n) is 1.97. The molecule has 0 saturated carbocycles. The van der Waals surface area contributed by atoms with Crippen LogP contribution >= 0.6 is 0 Å². The van der Waals surface area contributed by atoms with Crippen molar-refractivity contribution < 1.29 is 9.68 Å². The lowest BCUT2D eigenvalue weighted by molar-refractivity contribution is 0.133. The number of nitrogens with one attached hydrogen (secondary N) is 1. The van der Waals surface area contributed by atoms with Crippen molar-refractivity contribution in [3.05, 3.63) is 0 Å². The lowest BCUT2D eigenvalue weighted by Crippen LogP contribution is -2.30. The zero-order chi connectivity index (χ0) is 6.41. The quantitative estimate of drug-likeness (QED) is 0.278. The van der Waals surface area contributed by atoms with Gasteiger partial charge in [-0.15, -0.1) is 0 Å². The second kappa shape index (κ2) is 4.20. The molecule has 0 atom stereocenters. The molecule has 0 aliphatic heterocycles. The summed E-state index contributed by atoms with van der Waals surface area (Å²) in [4.78, 5) is 8.65. The zero-order valence-electron chi connectivity index (χ0n) is 4.84. The number of nitrogens with zero attached hydrogens (tertiary/aromatic N) is 1. The average molecular weight is 119 g/mol. The minimum Gasteiger partial charge on any atom is -0.396 e. The van der Waals surface area contributed by atoms with E-state index in [9.17, 15) is 0 Å². The van der Waals surface area contributed by atoms with Crippen molar-refractivity contribution in [2.75, 3.05) is 14.2 Å². The maximum absolute atomic E-state index is 5.08. The van der Waals surface area contributed by atoms with Crippen LogP contribution in [0.1, 0.15) is 0 Å². The van der Waals surface area contributed by atoms with E-state index in [4.69, 9.17) is 5.73 Å². The number of nitrogens with two attached hydrogens (primary N) is 1. The molecular weight excluding hydrogens is 110 g/mol. The third-order valence-corrected chi connectivity index (χ3v) is 0.396. The number of hydrogen-bond acceptors (Lipinski definition) is 3. The Kier molecular flexibility index (Phi) is 3.69. The fraction of sp³-hybridized carbons (Fsp3) is 0.667. The molecule has 5 heteroatoms. The van der Waals surface area contributed by atoms with Crippen LogP contribution in [0.25, 0.3) is 0 Å². The molecule has 0 spiro atoms. The minimum absolute atomic E-state index is 0.0926. The molecule has 0 amide bonds. The Morgan fingerprint density at radius 2 is 2.25 bits per heavy atom. The molecule has 0 bridgehead atoms. The van der Waals surface area contributed by atoms with Crippen molar-refractivity contribution in [3.63, 3.8) is 0 Å². The fourth-order valence-electron chi connectivity index (χ4n) is 0.222. The molecule has 0 unspecified atom stereocenters. The van der Waals surface area contributed by atoms with E-state index in [1.165, 1.54) is 14.2 Å². The number of hydrogen-bond donors (Lipinski definition) is 2. The number of guanidine groups is 1. The molecule has 0 saturated heterocycles. The van der Waals surface area contributed by atoms with E-state index in [0.29, 0.717) is 0 Å². The van der Waals surface area contributed by atoms with Gasteiger partial charge in [-0.25, -0.2) is 5.48 Å². The normalized spacial score (nSPS) is 11.0. The Labute approximate surface area is 47.4 Å². The molecule has 0 radical (unpaired) electrons. The van der Waals surface area contributed by atoms with E-state index < -0.39 is 0 Å². The molecule has 0 rings (SSSR count). The van der Waals surface area contributed by atoms with Crippen LogP contribution in [-0.4, -0.2) is 20.2 Å². The predicted molar refractivity (Wildman–Crippen MR) is 28.8 cm³/mol. The van der Waals surface area contributed by atoms with Crippen molar-refractivity contribution in [3.8, 4) is 0 Å². The van der Waals surface area contributed by atoms with Crippen LogP contribution in [0.5, 0.6) is 0 Å². The Hall–Kier alpha value is -0.970. The van der Waals surface area contributed by atoms with Crippen LogP contribution in [0.2, 0.25) is 0 Å². The number of hydroxylamine groups is 1. The smallest absolute Gasteiger partial charge is 0.254 e. The molecular formula is C3H9N3O2. The van der Waals surface area contributed by atoms with Gasteiger partial charge >= 0.3 is 0 Å². The summed E-state index contributed by atoms with van der Waals surface area (Å²) in [5.74, 6) is 0.0926. The second-order valence-electron chi connectivity index (χ2n) is 0.965. The highest BCUT2D eigenvalue weighted by Gasteiger charge is 1.83. The molecule has 0 aromatic carbocycles. The van der Waals surface area contributed by atoms with E-state index in [1.54, 1.807) is 0 Å². The highest BCUT2D eigenvalue weighted by molar-refractivity contribution is 5.75. The van der Waals surface area contributed by atoms with E-state index in [2.05, 4.69) is 20.3 Å². The Morgan fingerprint density at radius 1 is 1.62 bits per heavy atom. The lowest BCUT2D eigenvalue weighted by Gasteiger charge is -1.97. The number of rotatable bonds is 2. The van der Waals surface area contributed by atoms with Gasteiger partial charge in [0, 0.05) is 0 Å². The molecule has 0 aromatic heterocycles. The first-order valence-corrected chi connectivity index (χ1v) is 1.97. The van der Waals surface area contributed by atoms with E-state index >= 15 is 0 Å². The summed E-state index contributed by atoms with van der Waals surface area (Å²) in [7, 11) is 2.82. The molecule has 5 nitrogen and oxygen atoms in total. The molecule has 0 fully saturated rings. The van der Waals surface area contributed by atoms with Gasteiger partial charge in [0.05, 0.1) is 7.11 Å². The maximum Gasteiger partial charge on any atom is 0.254 e. The fourth-order valence-corrected chi connectivity index (χ4v) is 0.222.